The summed E-state index contributed by atoms with van der Waals surface area (Å²) in [5, 5.41) is 12.0. The summed E-state index contributed by atoms with van der Waals surface area (Å²) in [5.41, 5.74) is 0.548. The number of carbonyl (C=O) groups excluding carboxylic acids is 2. The van der Waals surface area contributed by atoms with E-state index in [1.54, 1.807) is 19.2 Å². The van der Waals surface area contributed by atoms with Crippen molar-refractivity contribution in [1.29, 1.82) is 0 Å². The highest BCUT2D eigenvalue weighted by Crippen LogP contribution is 2.43. The zero-order valence-electron chi connectivity index (χ0n) is 12.0. The van der Waals surface area contributed by atoms with E-state index in [1.807, 2.05) is 13.0 Å². The Bertz CT molecular complexity index is 740. The number of nitrogens with zero attached hydrogens (tertiary/aromatic N) is 1. The Morgan fingerprint density at radius 1 is 1.32 bits per heavy atom. The van der Waals surface area contributed by atoms with Crippen molar-refractivity contribution in [2.24, 2.45) is 0 Å². The van der Waals surface area contributed by atoms with E-state index in [4.69, 9.17) is 0 Å². The molecule has 0 radical (unpaired) electrons. The van der Waals surface area contributed by atoms with Gasteiger partial charge in [-0.1, -0.05) is 0 Å². The molecular formula is C15H14N2O3S2. The lowest BCUT2D eigenvalue weighted by Gasteiger charge is -2.27. The van der Waals surface area contributed by atoms with Crippen LogP contribution >= 0.6 is 23.3 Å². The van der Waals surface area contributed by atoms with Gasteiger partial charge in [-0.05, 0) is 49.2 Å². The number of fused-ring (bicyclic) bond motifs is 1. The molecule has 1 aromatic heterocycles. The number of phenols is 1. The van der Waals surface area contributed by atoms with Crippen LogP contribution in [-0.4, -0.2) is 28.3 Å². The van der Waals surface area contributed by atoms with Crippen molar-refractivity contribution in [2.75, 3.05) is 12.4 Å². The second-order valence-electron chi connectivity index (χ2n) is 4.98. The maximum absolute atomic E-state index is 12.6. The molecule has 22 heavy (non-hydrogen) atoms. The minimum atomic E-state index is -0.825. The van der Waals surface area contributed by atoms with Crippen LogP contribution in [0.4, 0.5) is 5.69 Å². The van der Waals surface area contributed by atoms with Gasteiger partial charge in [-0.2, -0.15) is 0 Å². The van der Waals surface area contributed by atoms with Crippen LogP contribution in [0.2, 0.25) is 0 Å². The number of nitrogens with one attached hydrogen (secondary N) is 1. The number of hydrogen-bond acceptors (Lipinski definition) is 5. The fraction of sp³-hybridized carbons (Fsp3) is 0.200. The Morgan fingerprint density at radius 2 is 2.00 bits per heavy atom. The standard InChI is InChI=1S/C15H14N2O3S2/c1-8-7-11-13(21-8)12(15(20)17(2)22-11)14(19)16-9-3-5-10(18)6-4-9/h3-7,12,18H,1-2H3,(H,16,19). The van der Waals surface area contributed by atoms with Gasteiger partial charge in [-0.3, -0.25) is 13.9 Å². The summed E-state index contributed by atoms with van der Waals surface area (Å²) in [5.74, 6) is -1.28. The normalized spacial score (nSPS) is 17.3. The van der Waals surface area contributed by atoms with Gasteiger partial charge in [-0.15, -0.1) is 11.3 Å². The van der Waals surface area contributed by atoms with Crippen LogP contribution in [0.3, 0.4) is 0 Å². The van der Waals surface area contributed by atoms with Crippen molar-refractivity contribution in [3.63, 3.8) is 0 Å². The molecule has 1 aliphatic rings. The fourth-order valence-corrected chi connectivity index (χ4v) is 4.51. The van der Waals surface area contributed by atoms with Gasteiger partial charge in [0.1, 0.15) is 5.75 Å². The summed E-state index contributed by atoms with van der Waals surface area (Å²) < 4.78 is 1.50. The fourth-order valence-electron chi connectivity index (χ4n) is 2.26. The number of anilines is 1. The van der Waals surface area contributed by atoms with Crippen LogP contribution < -0.4 is 5.32 Å². The molecule has 0 saturated heterocycles. The first kappa shape index (κ1) is 14.9. The topological polar surface area (TPSA) is 69.6 Å². The number of aromatic hydroxyl groups is 1. The molecule has 1 aliphatic heterocycles. The molecule has 2 heterocycles. The Balaban J connectivity index is 1.90. The van der Waals surface area contributed by atoms with Gasteiger partial charge in [0.25, 0.3) is 0 Å². The molecule has 2 amide bonds. The molecule has 1 atom stereocenters. The van der Waals surface area contributed by atoms with Crippen LogP contribution in [-0.2, 0) is 9.59 Å². The van der Waals surface area contributed by atoms with Gasteiger partial charge in [0.05, 0.1) is 0 Å². The van der Waals surface area contributed by atoms with Gasteiger partial charge >= 0.3 is 0 Å². The SMILES string of the molecule is Cc1cc2c(s1)C(C(=O)Nc1ccc(O)cc1)C(=O)N(C)S2. The van der Waals surface area contributed by atoms with Crippen molar-refractivity contribution < 1.29 is 14.7 Å². The van der Waals surface area contributed by atoms with E-state index < -0.39 is 5.92 Å². The number of amides is 2. The number of rotatable bonds is 2. The minimum Gasteiger partial charge on any atom is -0.508 e. The van der Waals surface area contributed by atoms with Crippen LogP contribution in [0, 0.1) is 6.92 Å². The summed E-state index contributed by atoms with van der Waals surface area (Å²) in [6, 6.07) is 8.16. The summed E-state index contributed by atoms with van der Waals surface area (Å²) in [7, 11) is 1.67. The highest BCUT2D eigenvalue weighted by atomic mass is 32.2. The predicted octanol–water partition coefficient (Wildman–Crippen LogP) is 2.96. The molecule has 0 fully saturated rings. The number of thiophene rings is 1. The Kier molecular flexibility index (Phi) is 3.84. The highest BCUT2D eigenvalue weighted by molar-refractivity contribution is 7.97. The number of hydrogen-bond donors (Lipinski definition) is 2. The lowest BCUT2D eigenvalue weighted by Crippen LogP contribution is -2.37. The maximum atomic E-state index is 12.6. The first-order valence-corrected chi connectivity index (χ1v) is 8.20. The third-order valence-electron chi connectivity index (χ3n) is 3.30. The van der Waals surface area contributed by atoms with E-state index in [9.17, 15) is 14.7 Å². The Labute approximate surface area is 136 Å². The molecule has 3 rings (SSSR count). The molecule has 114 valence electrons. The smallest absolute Gasteiger partial charge is 0.250 e. The first-order chi connectivity index (χ1) is 10.5. The minimum absolute atomic E-state index is 0.124. The molecule has 0 saturated carbocycles. The Hall–Kier alpha value is -1.99. The van der Waals surface area contributed by atoms with Crippen molar-refractivity contribution >= 4 is 40.8 Å². The van der Waals surface area contributed by atoms with Crippen LogP contribution in [0.15, 0.2) is 35.2 Å². The van der Waals surface area contributed by atoms with Crippen molar-refractivity contribution in [1.82, 2.24) is 4.31 Å². The van der Waals surface area contributed by atoms with E-state index in [0.29, 0.717) is 5.69 Å². The van der Waals surface area contributed by atoms with Gasteiger partial charge in [0.2, 0.25) is 11.8 Å². The summed E-state index contributed by atoms with van der Waals surface area (Å²) >= 11 is 2.83. The van der Waals surface area contributed by atoms with Crippen molar-refractivity contribution in [3.8, 4) is 5.75 Å². The molecule has 0 aliphatic carbocycles. The number of carbonyl (C=O) groups is 2. The Morgan fingerprint density at radius 3 is 2.68 bits per heavy atom. The van der Waals surface area contributed by atoms with Crippen molar-refractivity contribution in [3.05, 3.63) is 40.1 Å². The van der Waals surface area contributed by atoms with Gasteiger partial charge in [0, 0.05) is 27.4 Å². The molecule has 5 nitrogen and oxygen atoms in total. The molecule has 0 bridgehead atoms. The lowest BCUT2D eigenvalue weighted by molar-refractivity contribution is -0.132. The maximum Gasteiger partial charge on any atom is 0.250 e. The third-order valence-corrected chi connectivity index (χ3v) is 5.53. The van der Waals surface area contributed by atoms with Crippen LogP contribution in [0.25, 0.3) is 0 Å². The van der Waals surface area contributed by atoms with Gasteiger partial charge in [0.15, 0.2) is 5.92 Å². The van der Waals surface area contributed by atoms with E-state index in [2.05, 4.69) is 5.32 Å². The average molecular weight is 334 g/mol. The molecule has 2 aromatic rings. The summed E-state index contributed by atoms with van der Waals surface area (Å²) in [6.07, 6.45) is 0. The number of likely N-dealkylation sites (N-methyl/N-ethyl adjacent to an activating group) is 1. The zero-order valence-corrected chi connectivity index (χ0v) is 13.6. The largest absolute Gasteiger partial charge is 0.508 e. The molecule has 0 spiro atoms. The predicted molar refractivity (Wildman–Crippen MR) is 87.2 cm³/mol. The van der Waals surface area contributed by atoms with Gasteiger partial charge < -0.3 is 10.4 Å². The average Bonchev–Trinajstić information content (AvgIpc) is 2.82. The highest BCUT2D eigenvalue weighted by Gasteiger charge is 2.39. The van der Waals surface area contributed by atoms with Crippen LogP contribution in [0.5, 0.6) is 5.75 Å². The second kappa shape index (κ2) is 5.66. The monoisotopic (exact) mass is 334 g/mol. The second-order valence-corrected chi connectivity index (χ2v) is 7.44. The summed E-state index contributed by atoms with van der Waals surface area (Å²) in [4.78, 5) is 27.8. The van der Waals surface area contributed by atoms with E-state index in [-0.39, 0.29) is 17.6 Å². The number of aryl methyl sites for hydroxylation is 1. The first-order valence-electron chi connectivity index (χ1n) is 6.61. The third kappa shape index (κ3) is 2.69. The molecule has 1 unspecified atom stereocenters. The molecule has 7 heteroatoms. The lowest BCUT2D eigenvalue weighted by atomic mass is 10.1. The molecular weight excluding hydrogens is 320 g/mol. The molecule has 2 N–H and O–H groups in total. The number of phenolic OH excluding ortho intramolecular Hbond substituents is 1. The molecule has 1 aromatic carbocycles. The zero-order chi connectivity index (χ0) is 15.9. The number of benzene rings is 1. The van der Waals surface area contributed by atoms with Gasteiger partial charge in [-0.25, -0.2) is 0 Å². The van der Waals surface area contributed by atoms with E-state index in [0.717, 1.165) is 14.6 Å². The quantitative estimate of drug-likeness (QED) is 0.503. The summed E-state index contributed by atoms with van der Waals surface area (Å²) in [6.45, 7) is 1.96. The van der Waals surface area contributed by atoms with E-state index in [1.165, 1.54) is 39.7 Å². The van der Waals surface area contributed by atoms with E-state index >= 15 is 0 Å². The van der Waals surface area contributed by atoms with Crippen LogP contribution in [0.1, 0.15) is 15.7 Å². The van der Waals surface area contributed by atoms with Crippen molar-refractivity contribution in [2.45, 2.75) is 17.7 Å².